The Bertz CT molecular complexity index is 521. The fourth-order valence-corrected chi connectivity index (χ4v) is 1.62. The Morgan fingerprint density at radius 3 is 2.85 bits per heavy atom. The lowest BCUT2D eigenvalue weighted by molar-refractivity contribution is 1.22. The van der Waals surface area contributed by atoms with Gasteiger partial charge in [0.15, 0.2) is 0 Å². The first-order valence-corrected chi connectivity index (χ1v) is 4.26. The van der Waals surface area contributed by atoms with Crippen LogP contribution < -0.4 is 5.56 Å². The second-order valence-electron chi connectivity index (χ2n) is 2.53. The van der Waals surface area contributed by atoms with Crippen LogP contribution in [-0.4, -0.2) is 9.97 Å². The van der Waals surface area contributed by atoms with Crippen molar-refractivity contribution in [2.24, 2.45) is 0 Å². The number of rotatable bonds is 0. The Morgan fingerprint density at radius 1 is 1.31 bits per heavy atom. The first-order chi connectivity index (χ1) is 6.16. The molecule has 1 N–H and O–H groups in total. The van der Waals surface area contributed by atoms with E-state index in [1.165, 1.54) is 6.20 Å². The number of H-pyrrole nitrogens is 1. The highest BCUT2D eigenvalue weighted by atomic mass is 35.5. The summed E-state index contributed by atoms with van der Waals surface area (Å²) >= 11 is 11.6. The van der Waals surface area contributed by atoms with Gasteiger partial charge in [-0.15, -0.1) is 0 Å². The quantitative estimate of drug-likeness (QED) is 0.732. The normalized spacial score (nSPS) is 10.6. The fourth-order valence-electron chi connectivity index (χ4n) is 1.08. The van der Waals surface area contributed by atoms with E-state index in [9.17, 15) is 4.79 Å². The van der Waals surface area contributed by atoms with Gasteiger partial charge in [0, 0.05) is 5.02 Å². The third-order valence-electron chi connectivity index (χ3n) is 1.60. The van der Waals surface area contributed by atoms with Crippen molar-refractivity contribution in [2.75, 3.05) is 0 Å². The van der Waals surface area contributed by atoms with Gasteiger partial charge in [-0.1, -0.05) is 23.2 Å². The molecule has 0 saturated heterocycles. The molecule has 2 rings (SSSR count). The number of benzene rings is 1. The van der Waals surface area contributed by atoms with Gasteiger partial charge >= 0.3 is 0 Å². The van der Waals surface area contributed by atoms with Gasteiger partial charge in [-0.25, -0.2) is 4.98 Å². The maximum absolute atomic E-state index is 10.9. The number of aromatic amines is 1. The average Bonchev–Trinajstić information content (AvgIpc) is 2.02. The molecule has 0 spiro atoms. The first kappa shape index (κ1) is 8.53. The molecule has 5 heteroatoms. The van der Waals surface area contributed by atoms with Crippen molar-refractivity contribution in [1.29, 1.82) is 0 Å². The van der Waals surface area contributed by atoms with Crippen LogP contribution in [0.1, 0.15) is 0 Å². The van der Waals surface area contributed by atoms with E-state index in [2.05, 4.69) is 9.97 Å². The molecule has 0 unspecified atom stereocenters. The Balaban J connectivity index is 2.94. The molecule has 0 radical (unpaired) electrons. The van der Waals surface area contributed by atoms with Crippen molar-refractivity contribution < 1.29 is 0 Å². The van der Waals surface area contributed by atoms with Crippen LogP contribution in [0.3, 0.4) is 0 Å². The first-order valence-electron chi connectivity index (χ1n) is 3.51. The number of nitrogens with one attached hydrogen (secondary N) is 1. The minimum atomic E-state index is -0.272. The van der Waals surface area contributed by atoms with Crippen LogP contribution in [-0.2, 0) is 0 Å². The lowest BCUT2D eigenvalue weighted by atomic mass is 10.3. The smallest absolute Gasteiger partial charge is 0.266 e. The predicted octanol–water partition coefficient (Wildman–Crippen LogP) is 2.23. The van der Waals surface area contributed by atoms with Gasteiger partial charge in [0.1, 0.15) is 5.52 Å². The van der Waals surface area contributed by atoms with Crippen LogP contribution in [0.4, 0.5) is 0 Å². The number of nitrogens with zero attached hydrogens (tertiary/aromatic N) is 1. The van der Waals surface area contributed by atoms with E-state index in [4.69, 9.17) is 23.2 Å². The molecule has 0 aliphatic rings. The van der Waals surface area contributed by atoms with Gasteiger partial charge in [0.05, 0.1) is 16.7 Å². The molecule has 66 valence electrons. The SMILES string of the molecule is O=c1cnc2c(Cl)cc(Cl)cc2[nH]1. The van der Waals surface area contributed by atoms with Gasteiger partial charge in [-0.3, -0.25) is 4.79 Å². The van der Waals surface area contributed by atoms with Gasteiger partial charge in [-0.05, 0) is 12.1 Å². The maximum Gasteiger partial charge on any atom is 0.266 e. The summed E-state index contributed by atoms with van der Waals surface area (Å²) in [5.74, 6) is 0. The Hall–Kier alpha value is -1.06. The summed E-state index contributed by atoms with van der Waals surface area (Å²) in [6.07, 6.45) is 1.18. The third-order valence-corrected chi connectivity index (χ3v) is 2.10. The highest BCUT2D eigenvalue weighted by molar-refractivity contribution is 6.38. The van der Waals surface area contributed by atoms with Crippen molar-refractivity contribution in [3.8, 4) is 0 Å². The Labute approximate surface area is 83.3 Å². The summed E-state index contributed by atoms with van der Waals surface area (Å²) in [6.45, 7) is 0. The van der Waals surface area contributed by atoms with Crippen LogP contribution in [0.2, 0.25) is 10.0 Å². The van der Waals surface area contributed by atoms with E-state index in [-0.39, 0.29) is 5.56 Å². The number of halogens is 2. The monoisotopic (exact) mass is 214 g/mol. The Morgan fingerprint density at radius 2 is 2.08 bits per heavy atom. The largest absolute Gasteiger partial charge is 0.319 e. The summed E-state index contributed by atoms with van der Waals surface area (Å²) in [6, 6.07) is 3.19. The van der Waals surface area contributed by atoms with E-state index in [1.807, 2.05) is 0 Å². The average molecular weight is 215 g/mol. The molecule has 0 fully saturated rings. The van der Waals surface area contributed by atoms with Crippen molar-refractivity contribution >= 4 is 34.2 Å². The third kappa shape index (κ3) is 1.53. The van der Waals surface area contributed by atoms with Crippen molar-refractivity contribution in [3.63, 3.8) is 0 Å². The molecule has 0 amide bonds. The molecule has 0 aliphatic heterocycles. The van der Waals surface area contributed by atoms with Crippen molar-refractivity contribution in [2.45, 2.75) is 0 Å². The predicted molar refractivity (Wildman–Crippen MR) is 52.4 cm³/mol. The zero-order chi connectivity index (χ0) is 9.42. The summed E-state index contributed by atoms with van der Waals surface area (Å²) in [5, 5.41) is 0.903. The standard InChI is InChI=1S/C8H4Cl2N2O/c9-4-1-5(10)8-6(2-4)12-7(13)3-11-8/h1-3H,(H,12,13). The molecule has 1 aromatic carbocycles. The van der Waals surface area contributed by atoms with Gasteiger partial charge in [0.25, 0.3) is 5.56 Å². The molecular weight excluding hydrogens is 211 g/mol. The molecule has 13 heavy (non-hydrogen) atoms. The zero-order valence-electron chi connectivity index (χ0n) is 6.34. The number of hydrogen-bond acceptors (Lipinski definition) is 2. The van der Waals surface area contributed by atoms with E-state index in [0.29, 0.717) is 21.1 Å². The zero-order valence-corrected chi connectivity index (χ0v) is 7.86. The van der Waals surface area contributed by atoms with Gasteiger partial charge in [-0.2, -0.15) is 0 Å². The summed E-state index contributed by atoms with van der Waals surface area (Å²) in [7, 11) is 0. The lowest BCUT2D eigenvalue weighted by Crippen LogP contribution is -2.04. The molecule has 0 bridgehead atoms. The number of fused-ring (bicyclic) bond motifs is 1. The van der Waals surface area contributed by atoms with Crippen LogP contribution >= 0.6 is 23.2 Å². The number of hydrogen-bond donors (Lipinski definition) is 1. The molecule has 1 heterocycles. The molecule has 0 aliphatic carbocycles. The molecule has 3 nitrogen and oxygen atoms in total. The van der Waals surface area contributed by atoms with E-state index >= 15 is 0 Å². The Kier molecular flexibility index (Phi) is 1.98. The van der Waals surface area contributed by atoms with Gasteiger partial charge < -0.3 is 4.98 Å². The highest BCUT2D eigenvalue weighted by Crippen LogP contribution is 2.23. The van der Waals surface area contributed by atoms with Crippen molar-refractivity contribution in [3.05, 3.63) is 38.7 Å². The highest BCUT2D eigenvalue weighted by Gasteiger charge is 2.02. The van der Waals surface area contributed by atoms with Crippen LogP contribution in [0.15, 0.2) is 23.1 Å². The summed E-state index contributed by atoms with van der Waals surface area (Å²) in [5.41, 5.74) is 0.821. The molecule has 1 aromatic heterocycles. The maximum atomic E-state index is 10.9. The van der Waals surface area contributed by atoms with E-state index in [1.54, 1.807) is 12.1 Å². The molecule has 0 saturated carbocycles. The van der Waals surface area contributed by atoms with Gasteiger partial charge in [0.2, 0.25) is 0 Å². The van der Waals surface area contributed by atoms with E-state index < -0.39 is 0 Å². The van der Waals surface area contributed by atoms with E-state index in [0.717, 1.165) is 0 Å². The number of aromatic nitrogens is 2. The second-order valence-corrected chi connectivity index (χ2v) is 3.37. The van der Waals surface area contributed by atoms with Crippen molar-refractivity contribution in [1.82, 2.24) is 9.97 Å². The summed E-state index contributed by atoms with van der Waals surface area (Å²) < 4.78 is 0. The van der Waals surface area contributed by atoms with Crippen LogP contribution in [0.5, 0.6) is 0 Å². The lowest BCUT2D eigenvalue weighted by Gasteiger charge is -1.98. The fraction of sp³-hybridized carbons (Fsp3) is 0. The summed E-state index contributed by atoms with van der Waals surface area (Å²) in [4.78, 5) is 17.4. The topological polar surface area (TPSA) is 45.8 Å². The van der Waals surface area contributed by atoms with Crippen LogP contribution in [0, 0.1) is 0 Å². The van der Waals surface area contributed by atoms with Crippen LogP contribution in [0.25, 0.3) is 11.0 Å². The molecular formula is C8H4Cl2N2O. The minimum absolute atomic E-state index is 0.272. The molecule has 0 atom stereocenters. The minimum Gasteiger partial charge on any atom is -0.319 e. The molecule has 2 aromatic rings. The second kappa shape index (κ2) is 3.01.